The first kappa shape index (κ1) is 17.2. The summed E-state index contributed by atoms with van der Waals surface area (Å²) >= 11 is 0. The van der Waals surface area contributed by atoms with Crippen molar-refractivity contribution in [1.29, 1.82) is 0 Å². The van der Waals surface area contributed by atoms with Crippen LogP contribution in [0.5, 0.6) is 0 Å². The lowest BCUT2D eigenvalue weighted by atomic mass is 9.82. The highest BCUT2D eigenvalue weighted by atomic mass is 16.4. The Labute approximate surface area is 125 Å². The number of amides is 1. The van der Waals surface area contributed by atoms with E-state index >= 15 is 0 Å². The van der Waals surface area contributed by atoms with Gasteiger partial charge in [-0.2, -0.15) is 5.10 Å². The van der Waals surface area contributed by atoms with Crippen LogP contribution in [0.4, 0.5) is 0 Å². The smallest absolute Gasteiger partial charge is 0.311 e. The summed E-state index contributed by atoms with van der Waals surface area (Å²) in [4.78, 5) is 23.8. The highest BCUT2D eigenvalue weighted by molar-refractivity contribution is 5.95. The van der Waals surface area contributed by atoms with Crippen molar-refractivity contribution < 1.29 is 14.7 Å². The molecule has 0 aliphatic rings. The number of nitrogens with zero attached hydrogens (tertiary/aromatic N) is 2. The third-order valence-corrected chi connectivity index (χ3v) is 4.04. The van der Waals surface area contributed by atoms with E-state index in [-0.39, 0.29) is 18.4 Å². The van der Waals surface area contributed by atoms with Crippen LogP contribution in [0.15, 0.2) is 6.20 Å². The Hall–Kier alpha value is -1.85. The summed E-state index contributed by atoms with van der Waals surface area (Å²) in [5.74, 6) is -1.00. The number of carbonyl (C=O) groups is 2. The molecule has 0 aromatic carbocycles. The van der Waals surface area contributed by atoms with Gasteiger partial charge in [-0.25, -0.2) is 0 Å². The molecule has 0 atom stereocenters. The first-order chi connectivity index (χ1) is 9.77. The van der Waals surface area contributed by atoms with Crippen molar-refractivity contribution in [2.45, 2.75) is 46.5 Å². The van der Waals surface area contributed by atoms with E-state index in [9.17, 15) is 14.7 Å². The fourth-order valence-electron chi connectivity index (χ4n) is 2.33. The summed E-state index contributed by atoms with van der Waals surface area (Å²) < 4.78 is 1.61. The van der Waals surface area contributed by atoms with Crippen molar-refractivity contribution in [3.63, 3.8) is 0 Å². The van der Waals surface area contributed by atoms with Crippen LogP contribution in [-0.2, 0) is 11.8 Å². The largest absolute Gasteiger partial charge is 0.481 e. The van der Waals surface area contributed by atoms with Crippen molar-refractivity contribution in [2.24, 2.45) is 12.5 Å². The molecule has 0 unspecified atom stereocenters. The van der Waals surface area contributed by atoms with E-state index in [1.54, 1.807) is 17.9 Å². The minimum absolute atomic E-state index is 0.126. The van der Waals surface area contributed by atoms with Gasteiger partial charge in [0.25, 0.3) is 5.91 Å². The maximum Gasteiger partial charge on any atom is 0.311 e. The van der Waals surface area contributed by atoms with Crippen LogP contribution in [0.1, 0.15) is 62.5 Å². The molecule has 1 heterocycles. The van der Waals surface area contributed by atoms with Crippen LogP contribution in [0, 0.1) is 5.41 Å². The molecule has 0 aliphatic heterocycles. The number of aromatic nitrogens is 2. The number of rotatable bonds is 7. The highest BCUT2D eigenvalue weighted by Gasteiger charge is 2.35. The molecule has 0 aliphatic carbocycles. The second-order valence-corrected chi connectivity index (χ2v) is 5.73. The highest BCUT2D eigenvalue weighted by Crippen LogP contribution is 2.26. The van der Waals surface area contributed by atoms with Crippen molar-refractivity contribution >= 4 is 11.9 Å². The van der Waals surface area contributed by atoms with E-state index in [0.29, 0.717) is 18.4 Å². The van der Waals surface area contributed by atoms with Crippen LogP contribution in [-0.4, -0.2) is 33.3 Å². The quantitative estimate of drug-likeness (QED) is 0.807. The predicted octanol–water partition coefficient (Wildman–Crippen LogP) is 2.16. The van der Waals surface area contributed by atoms with Crippen molar-refractivity contribution in [3.05, 3.63) is 17.5 Å². The van der Waals surface area contributed by atoms with Crippen molar-refractivity contribution in [3.8, 4) is 0 Å². The van der Waals surface area contributed by atoms with E-state index in [2.05, 4.69) is 10.4 Å². The molecule has 1 amide bonds. The molecular formula is C15H25N3O3. The SMILES string of the molecule is CCC(CC)(CNC(=O)c1cn(C)nc1C(C)C)C(=O)O. The molecule has 0 saturated carbocycles. The summed E-state index contributed by atoms with van der Waals surface area (Å²) in [6, 6.07) is 0. The predicted molar refractivity (Wildman–Crippen MR) is 80.3 cm³/mol. The van der Waals surface area contributed by atoms with E-state index in [1.165, 1.54) is 0 Å². The standard InChI is InChI=1S/C15H25N3O3/c1-6-15(7-2,14(20)21)9-16-13(19)11-8-18(5)17-12(11)10(3)4/h8,10H,6-7,9H2,1-5H3,(H,16,19)(H,20,21). The Bertz CT molecular complexity index is 516. The Kier molecular flexibility index (Phi) is 5.52. The summed E-state index contributed by atoms with van der Waals surface area (Å²) in [6.45, 7) is 7.72. The van der Waals surface area contributed by atoms with Crippen LogP contribution >= 0.6 is 0 Å². The molecule has 0 radical (unpaired) electrons. The van der Waals surface area contributed by atoms with Gasteiger partial charge in [0.2, 0.25) is 0 Å². The molecule has 6 heteroatoms. The van der Waals surface area contributed by atoms with Gasteiger partial charge in [-0.15, -0.1) is 0 Å². The molecule has 1 aromatic heterocycles. The summed E-state index contributed by atoms with van der Waals surface area (Å²) in [7, 11) is 1.77. The Balaban J connectivity index is 2.89. The van der Waals surface area contributed by atoms with Crippen LogP contribution in [0.3, 0.4) is 0 Å². The number of nitrogens with one attached hydrogen (secondary N) is 1. The lowest BCUT2D eigenvalue weighted by Crippen LogP contribution is -2.42. The third-order valence-electron chi connectivity index (χ3n) is 4.04. The second kappa shape index (κ2) is 6.74. The first-order valence-electron chi connectivity index (χ1n) is 7.32. The first-order valence-corrected chi connectivity index (χ1v) is 7.32. The average molecular weight is 295 g/mol. The molecule has 0 bridgehead atoms. The van der Waals surface area contributed by atoms with Crippen LogP contribution in [0.2, 0.25) is 0 Å². The number of carboxylic acid groups (broad SMARTS) is 1. The lowest BCUT2D eigenvalue weighted by molar-refractivity contribution is -0.149. The molecule has 0 spiro atoms. The van der Waals surface area contributed by atoms with Gasteiger partial charge in [0.05, 0.1) is 16.7 Å². The third kappa shape index (κ3) is 3.62. The lowest BCUT2D eigenvalue weighted by Gasteiger charge is -2.26. The van der Waals surface area contributed by atoms with E-state index < -0.39 is 11.4 Å². The van der Waals surface area contributed by atoms with E-state index in [1.807, 2.05) is 27.7 Å². The molecule has 21 heavy (non-hydrogen) atoms. The maximum atomic E-state index is 12.3. The molecule has 6 nitrogen and oxygen atoms in total. The van der Waals surface area contributed by atoms with Crippen LogP contribution < -0.4 is 5.32 Å². The molecule has 1 aromatic rings. The minimum Gasteiger partial charge on any atom is -0.481 e. The number of hydrogen-bond donors (Lipinski definition) is 2. The monoisotopic (exact) mass is 295 g/mol. The average Bonchev–Trinajstić information content (AvgIpc) is 2.82. The molecule has 0 fully saturated rings. The number of aryl methyl sites for hydroxylation is 1. The Morgan fingerprint density at radius 2 is 1.95 bits per heavy atom. The number of carbonyl (C=O) groups excluding carboxylic acids is 1. The topological polar surface area (TPSA) is 84.2 Å². The van der Waals surface area contributed by atoms with Gasteiger partial charge in [-0.1, -0.05) is 27.7 Å². The van der Waals surface area contributed by atoms with Gasteiger partial charge in [0.1, 0.15) is 0 Å². The molecule has 118 valence electrons. The zero-order chi connectivity index (χ0) is 16.2. The number of aliphatic carboxylic acids is 1. The molecular weight excluding hydrogens is 270 g/mol. The fourth-order valence-corrected chi connectivity index (χ4v) is 2.33. The van der Waals surface area contributed by atoms with E-state index in [4.69, 9.17) is 0 Å². The second-order valence-electron chi connectivity index (χ2n) is 5.73. The van der Waals surface area contributed by atoms with Crippen molar-refractivity contribution in [2.75, 3.05) is 6.54 Å². The summed E-state index contributed by atoms with van der Waals surface area (Å²) in [5.41, 5.74) is 0.332. The number of carboxylic acids is 1. The number of hydrogen-bond acceptors (Lipinski definition) is 3. The maximum absolute atomic E-state index is 12.3. The molecule has 0 saturated heterocycles. The van der Waals surface area contributed by atoms with Gasteiger partial charge >= 0.3 is 5.97 Å². The van der Waals surface area contributed by atoms with Gasteiger partial charge < -0.3 is 10.4 Å². The van der Waals surface area contributed by atoms with E-state index in [0.717, 1.165) is 5.69 Å². The Morgan fingerprint density at radius 3 is 2.38 bits per heavy atom. The zero-order valence-electron chi connectivity index (χ0n) is 13.4. The fraction of sp³-hybridized carbons (Fsp3) is 0.667. The van der Waals surface area contributed by atoms with Gasteiger partial charge in [0.15, 0.2) is 0 Å². The zero-order valence-corrected chi connectivity index (χ0v) is 13.4. The Morgan fingerprint density at radius 1 is 1.38 bits per heavy atom. The van der Waals surface area contributed by atoms with Crippen LogP contribution in [0.25, 0.3) is 0 Å². The van der Waals surface area contributed by atoms with Gasteiger partial charge in [-0.05, 0) is 18.8 Å². The molecule has 2 N–H and O–H groups in total. The summed E-state index contributed by atoms with van der Waals surface area (Å²) in [6.07, 6.45) is 2.62. The minimum atomic E-state index is -0.907. The van der Waals surface area contributed by atoms with Crippen molar-refractivity contribution in [1.82, 2.24) is 15.1 Å². The van der Waals surface area contributed by atoms with Gasteiger partial charge in [-0.3, -0.25) is 14.3 Å². The summed E-state index contributed by atoms with van der Waals surface area (Å²) in [5, 5.41) is 16.4. The van der Waals surface area contributed by atoms with Gasteiger partial charge in [0, 0.05) is 19.8 Å². The molecule has 1 rings (SSSR count). The normalized spacial score (nSPS) is 11.7.